The molecule has 0 amide bonds. The molecule has 0 bridgehead atoms. The van der Waals surface area contributed by atoms with Crippen LogP contribution in [0.4, 0.5) is 0 Å². The lowest BCUT2D eigenvalue weighted by Gasteiger charge is -2.06. The highest BCUT2D eigenvalue weighted by atomic mass is 16.4. The predicted molar refractivity (Wildman–Crippen MR) is 86.9 cm³/mol. The summed E-state index contributed by atoms with van der Waals surface area (Å²) in [5, 5.41) is 8.60. The van der Waals surface area contributed by atoms with Crippen LogP contribution < -0.4 is 0 Å². The van der Waals surface area contributed by atoms with E-state index in [2.05, 4.69) is 38.2 Å². The molecule has 1 atom stereocenters. The smallest absolute Gasteiger partial charge is 0.303 e. The summed E-state index contributed by atoms with van der Waals surface area (Å²) in [4.78, 5) is 10.4. The van der Waals surface area contributed by atoms with Gasteiger partial charge < -0.3 is 5.11 Å². The molecule has 0 heterocycles. The van der Waals surface area contributed by atoms with E-state index in [0.717, 1.165) is 32.1 Å². The second kappa shape index (κ2) is 14.4. The van der Waals surface area contributed by atoms with Gasteiger partial charge in [-0.3, -0.25) is 4.79 Å². The van der Waals surface area contributed by atoms with Crippen LogP contribution in [0.3, 0.4) is 0 Å². The van der Waals surface area contributed by atoms with Crippen molar-refractivity contribution in [3.8, 4) is 0 Å². The third kappa shape index (κ3) is 15.0. The maximum Gasteiger partial charge on any atom is 0.303 e. The first-order chi connectivity index (χ1) is 9.66. The number of carboxylic acid groups (broad SMARTS) is 1. The molecule has 0 spiro atoms. The van der Waals surface area contributed by atoms with Gasteiger partial charge in [-0.05, 0) is 50.9 Å². The van der Waals surface area contributed by atoms with Crippen LogP contribution in [0.5, 0.6) is 0 Å². The SMILES string of the molecule is CCCCCC=CCCC=CCCC(C)CCC(=O)O. The molecule has 0 fully saturated rings. The molecule has 0 rings (SSSR count). The summed E-state index contributed by atoms with van der Waals surface area (Å²) < 4.78 is 0. The Morgan fingerprint density at radius 2 is 1.55 bits per heavy atom. The molecular weight excluding hydrogens is 248 g/mol. The van der Waals surface area contributed by atoms with E-state index < -0.39 is 5.97 Å². The molecule has 0 aliphatic heterocycles. The van der Waals surface area contributed by atoms with E-state index >= 15 is 0 Å². The molecule has 20 heavy (non-hydrogen) atoms. The Balaban J connectivity index is 3.37. The first kappa shape index (κ1) is 18.9. The lowest BCUT2D eigenvalue weighted by molar-refractivity contribution is -0.137. The van der Waals surface area contributed by atoms with Crippen molar-refractivity contribution in [3.05, 3.63) is 24.3 Å². The van der Waals surface area contributed by atoms with Crippen molar-refractivity contribution in [1.29, 1.82) is 0 Å². The van der Waals surface area contributed by atoms with Crippen LogP contribution in [-0.4, -0.2) is 11.1 Å². The van der Waals surface area contributed by atoms with Crippen molar-refractivity contribution in [2.75, 3.05) is 0 Å². The molecule has 0 radical (unpaired) electrons. The van der Waals surface area contributed by atoms with Crippen LogP contribution in [0.2, 0.25) is 0 Å². The predicted octanol–water partition coefficient (Wildman–Crippen LogP) is 5.74. The first-order valence-corrected chi connectivity index (χ1v) is 8.18. The highest BCUT2D eigenvalue weighted by Gasteiger charge is 2.03. The van der Waals surface area contributed by atoms with E-state index in [1.54, 1.807) is 0 Å². The first-order valence-electron chi connectivity index (χ1n) is 8.18. The molecule has 0 saturated carbocycles. The third-order valence-corrected chi connectivity index (χ3v) is 3.48. The molecule has 0 aromatic heterocycles. The van der Waals surface area contributed by atoms with Gasteiger partial charge >= 0.3 is 5.97 Å². The Morgan fingerprint density at radius 1 is 0.950 bits per heavy atom. The van der Waals surface area contributed by atoms with Gasteiger partial charge in [0, 0.05) is 6.42 Å². The molecule has 2 nitrogen and oxygen atoms in total. The summed E-state index contributed by atoms with van der Waals surface area (Å²) in [6.07, 6.45) is 19.8. The third-order valence-electron chi connectivity index (χ3n) is 3.48. The van der Waals surface area contributed by atoms with E-state index in [1.807, 2.05) is 0 Å². The van der Waals surface area contributed by atoms with Gasteiger partial charge in [-0.1, -0.05) is 51.0 Å². The van der Waals surface area contributed by atoms with Crippen LogP contribution in [0.15, 0.2) is 24.3 Å². The van der Waals surface area contributed by atoms with E-state index in [9.17, 15) is 4.79 Å². The van der Waals surface area contributed by atoms with Crippen LogP contribution in [0, 0.1) is 5.92 Å². The maximum absolute atomic E-state index is 10.4. The number of carboxylic acids is 1. The standard InChI is InChI=1S/C18H32O2/c1-3-4-5-6-7-8-9-10-11-12-13-14-17(2)15-16-18(19)20/h7-8,11-12,17H,3-6,9-10,13-16H2,1-2H3,(H,19,20). The summed E-state index contributed by atoms with van der Waals surface area (Å²) in [5.41, 5.74) is 0. The van der Waals surface area contributed by atoms with Crippen molar-refractivity contribution in [2.45, 2.75) is 78.1 Å². The molecule has 0 saturated heterocycles. The molecule has 116 valence electrons. The Kier molecular flexibility index (Phi) is 13.6. The molecule has 0 aliphatic rings. The van der Waals surface area contributed by atoms with Crippen LogP contribution in [-0.2, 0) is 4.79 Å². The van der Waals surface area contributed by atoms with Crippen LogP contribution >= 0.6 is 0 Å². The monoisotopic (exact) mass is 280 g/mol. The molecule has 0 aliphatic carbocycles. The summed E-state index contributed by atoms with van der Waals surface area (Å²) >= 11 is 0. The Morgan fingerprint density at radius 3 is 2.15 bits per heavy atom. The quantitative estimate of drug-likeness (QED) is 0.345. The van der Waals surface area contributed by atoms with Gasteiger partial charge in [0.25, 0.3) is 0 Å². The molecule has 1 N–H and O–H groups in total. The van der Waals surface area contributed by atoms with Crippen LogP contribution in [0.25, 0.3) is 0 Å². The molecule has 0 aromatic rings. The summed E-state index contributed by atoms with van der Waals surface area (Å²) in [6.45, 7) is 4.37. The normalized spacial score (nSPS) is 13.3. The average Bonchev–Trinajstić information content (AvgIpc) is 2.42. The second-order valence-corrected chi connectivity index (χ2v) is 5.63. The lowest BCUT2D eigenvalue weighted by atomic mass is 10.00. The van der Waals surface area contributed by atoms with E-state index in [0.29, 0.717) is 12.3 Å². The lowest BCUT2D eigenvalue weighted by Crippen LogP contribution is -2.00. The van der Waals surface area contributed by atoms with Gasteiger partial charge in [0.05, 0.1) is 0 Å². The number of hydrogen-bond acceptors (Lipinski definition) is 1. The van der Waals surface area contributed by atoms with Crippen molar-refractivity contribution >= 4 is 5.97 Å². The zero-order valence-electron chi connectivity index (χ0n) is 13.3. The number of allylic oxidation sites excluding steroid dienone is 4. The zero-order chi connectivity index (χ0) is 15.1. The second-order valence-electron chi connectivity index (χ2n) is 5.63. The van der Waals surface area contributed by atoms with Crippen molar-refractivity contribution in [3.63, 3.8) is 0 Å². The van der Waals surface area contributed by atoms with E-state index in [1.165, 1.54) is 25.7 Å². The highest BCUT2D eigenvalue weighted by Crippen LogP contribution is 2.13. The van der Waals surface area contributed by atoms with Gasteiger partial charge in [0.2, 0.25) is 0 Å². The fourth-order valence-corrected chi connectivity index (χ4v) is 2.07. The van der Waals surface area contributed by atoms with Crippen LogP contribution in [0.1, 0.15) is 78.1 Å². The van der Waals surface area contributed by atoms with Gasteiger partial charge in [-0.2, -0.15) is 0 Å². The van der Waals surface area contributed by atoms with Gasteiger partial charge in [0.15, 0.2) is 0 Å². The Bertz CT molecular complexity index is 279. The van der Waals surface area contributed by atoms with Crippen molar-refractivity contribution in [2.24, 2.45) is 5.92 Å². The van der Waals surface area contributed by atoms with E-state index in [4.69, 9.17) is 5.11 Å². The maximum atomic E-state index is 10.4. The molecular formula is C18H32O2. The van der Waals surface area contributed by atoms with Crippen molar-refractivity contribution in [1.82, 2.24) is 0 Å². The van der Waals surface area contributed by atoms with Gasteiger partial charge in [-0.15, -0.1) is 0 Å². The van der Waals surface area contributed by atoms with E-state index in [-0.39, 0.29) is 0 Å². The summed E-state index contributed by atoms with van der Waals surface area (Å²) in [7, 11) is 0. The minimum atomic E-state index is -0.682. The van der Waals surface area contributed by atoms with Gasteiger partial charge in [-0.25, -0.2) is 0 Å². The summed E-state index contributed by atoms with van der Waals surface area (Å²) in [6, 6.07) is 0. The molecule has 1 unspecified atom stereocenters. The Hall–Kier alpha value is -1.05. The van der Waals surface area contributed by atoms with Crippen molar-refractivity contribution < 1.29 is 9.90 Å². The average molecular weight is 280 g/mol. The zero-order valence-corrected chi connectivity index (χ0v) is 13.3. The minimum Gasteiger partial charge on any atom is -0.481 e. The number of unbranched alkanes of at least 4 members (excludes halogenated alkanes) is 4. The fourth-order valence-electron chi connectivity index (χ4n) is 2.07. The van der Waals surface area contributed by atoms with Gasteiger partial charge in [0.1, 0.15) is 0 Å². The number of carbonyl (C=O) groups is 1. The largest absolute Gasteiger partial charge is 0.481 e. The minimum absolute atomic E-state index is 0.299. The highest BCUT2D eigenvalue weighted by molar-refractivity contribution is 5.66. The Labute approximate surface area is 125 Å². The number of rotatable bonds is 13. The fraction of sp³-hybridized carbons (Fsp3) is 0.722. The topological polar surface area (TPSA) is 37.3 Å². The molecule has 0 aromatic carbocycles. The number of hydrogen-bond donors (Lipinski definition) is 1. The number of aliphatic carboxylic acids is 1. The molecule has 2 heteroatoms. The summed E-state index contributed by atoms with van der Waals surface area (Å²) in [5.74, 6) is -0.174.